The van der Waals surface area contributed by atoms with Crippen molar-refractivity contribution in [1.82, 2.24) is 4.40 Å². The molecule has 0 spiro atoms. The molecule has 0 aliphatic heterocycles. The summed E-state index contributed by atoms with van der Waals surface area (Å²) in [4.78, 5) is 0. The summed E-state index contributed by atoms with van der Waals surface area (Å²) in [6.45, 7) is 21.0. The van der Waals surface area contributed by atoms with E-state index < -0.39 is 0 Å². The van der Waals surface area contributed by atoms with Crippen LogP contribution in [0.2, 0.25) is 0 Å². The minimum atomic E-state index is 0.430. The van der Waals surface area contributed by atoms with Gasteiger partial charge in [0.15, 0.2) is 6.20 Å². The van der Waals surface area contributed by atoms with Crippen LogP contribution >= 0.6 is 0 Å². The van der Waals surface area contributed by atoms with E-state index in [1.165, 1.54) is 87.9 Å². The van der Waals surface area contributed by atoms with Gasteiger partial charge < -0.3 is 4.40 Å². The number of benzene rings is 4. The van der Waals surface area contributed by atoms with Crippen molar-refractivity contribution in [2.24, 2.45) is 13.0 Å². The Morgan fingerprint density at radius 1 is 0.682 bits per heavy atom. The van der Waals surface area contributed by atoms with Gasteiger partial charge in [0.05, 0.1) is 27.3 Å². The van der Waals surface area contributed by atoms with Crippen molar-refractivity contribution in [3.05, 3.63) is 94.7 Å². The van der Waals surface area contributed by atoms with Crippen LogP contribution in [0.1, 0.15) is 101 Å². The number of hydrogen-bond acceptors (Lipinski definition) is 0. The van der Waals surface area contributed by atoms with E-state index in [4.69, 9.17) is 0 Å². The Labute approximate surface area is 262 Å². The number of pyridine rings is 2. The molecule has 0 fully saturated rings. The molecular formula is C42H47N2+. The lowest BCUT2D eigenvalue weighted by Gasteiger charge is -2.24. The molecule has 3 heterocycles. The van der Waals surface area contributed by atoms with Crippen LogP contribution in [0.15, 0.2) is 66.9 Å². The number of aromatic nitrogens is 2. The Morgan fingerprint density at radius 3 is 2.02 bits per heavy atom. The molecule has 0 N–H and O–H groups in total. The second-order valence-electron chi connectivity index (χ2n) is 14.7. The average Bonchev–Trinajstić information content (AvgIpc) is 3.30. The molecule has 7 aromatic rings. The van der Waals surface area contributed by atoms with Crippen LogP contribution in [0.3, 0.4) is 0 Å². The molecule has 0 aliphatic carbocycles. The molecule has 2 nitrogen and oxygen atoms in total. The molecule has 0 aliphatic rings. The average molecular weight is 580 g/mol. The van der Waals surface area contributed by atoms with Crippen LogP contribution in [0, 0.1) is 12.8 Å². The number of fused-ring (bicyclic) bond motifs is 5. The minimum absolute atomic E-state index is 0.430. The number of nitrogens with zero attached hydrogens (tertiary/aromatic N) is 2. The lowest BCUT2D eigenvalue weighted by atomic mass is 9.81. The van der Waals surface area contributed by atoms with E-state index in [0.29, 0.717) is 23.7 Å². The van der Waals surface area contributed by atoms with Crippen LogP contribution in [-0.4, -0.2) is 4.40 Å². The predicted octanol–water partition coefficient (Wildman–Crippen LogP) is 11.4. The zero-order valence-corrected chi connectivity index (χ0v) is 28.3. The molecule has 0 amide bonds. The van der Waals surface area contributed by atoms with Gasteiger partial charge in [0, 0.05) is 16.8 Å². The zero-order chi connectivity index (χ0) is 31.2. The van der Waals surface area contributed by atoms with Crippen LogP contribution in [0.25, 0.3) is 60.1 Å². The van der Waals surface area contributed by atoms with Gasteiger partial charge in [0.25, 0.3) is 0 Å². The quantitative estimate of drug-likeness (QED) is 0.105. The summed E-state index contributed by atoms with van der Waals surface area (Å²) in [5.41, 5.74) is 15.1. The maximum Gasteiger partial charge on any atom is 0.224 e. The maximum atomic E-state index is 2.59. The highest BCUT2D eigenvalue weighted by molar-refractivity contribution is 6.26. The molecule has 0 atom stereocenters. The van der Waals surface area contributed by atoms with Crippen molar-refractivity contribution in [3.63, 3.8) is 0 Å². The molecular weight excluding hydrogens is 532 g/mol. The van der Waals surface area contributed by atoms with Crippen LogP contribution in [0.4, 0.5) is 0 Å². The molecule has 0 radical (unpaired) electrons. The van der Waals surface area contributed by atoms with E-state index >= 15 is 0 Å². The van der Waals surface area contributed by atoms with Gasteiger partial charge in [-0.3, -0.25) is 0 Å². The third kappa shape index (κ3) is 4.25. The Hall–Kier alpha value is -3.91. The van der Waals surface area contributed by atoms with Gasteiger partial charge >= 0.3 is 0 Å². The van der Waals surface area contributed by atoms with Crippen molar-refractivity contribution in [2.75, 3.05) is 0 Å². The van der Waals surface area contributed by atoms with Crippen molar-refractivity contribution in [3.8, 4) is 11.1 Å². The third-order valence-corrected chi connectivity index (χ3v) is 9.96. The fourth-order valence-electron chi connectivity index (χ4n) is 7.80. The fourth-order valence-corrected chi connectivity index (χ4v) is 7.80. The first kappa shape index (κ1) is 28.8. The summed E-state index contributed by atoms with van der Waals surface area (Å²) in [5.74, 6) is 1.99. The van der Waals surface area contributed by atoms with Gasteiger partial charge in [0.2, 0.25) is 5.52 Å². The fraction of sp³-hybridized carbons (Fsp3) is 0.357. The smallest absolute Gasteiger partial charge is 0.224 e. The van der Waals surface area contributed by atoms with E-state index in [1.807, 2.05) is 0 Å². The first-order chi connectivity index (χ1) is 21.0. The Bertz CT molecular complexity index is 2190. The van der Waals surface area contributed by atoms with Crippen molar-refractivity contribution in [2.45, 2.75) is 86.5 Å². The molecule has 224 valence electrons. The molecule has 44 heavy (non-hydrogen) atoms. The Balaban J connectivity index is 1.70. The third-order valence-electron chi connectivity index (χ3n) is 9.96. The highest BCUT2D eigenvalue weighted by Gasteiger charge is 2.26. The van der Waals surface area contributed by atoms with Gasteiger partial charge in [-0.25, -0.2) is 4.57 Å². The summed E-state index contributed by atoms with van der Waals surface area (Å²) in [7, 11) is 2.21. The minimum Gasteiger partial charge on any atom is -0.307 e. The van der Waals surface area contributed by atoms with Gasteiger partial charge in [0.1, 0.15) is 7.05 Å². The molecule has 4 aromatic carbocycles. The monoisotopic (exact) mass is 579 g/mol. The van der Waals surface area contributed by atoms with Gasteiger partial charge in [-0.05, 0) is 106 Å². The summed E-state index contributed by atoms with van der Waals surface area (Å²) < 4.78 is 4.94. The van der Waals surface area contributed by atoms with E-state index in [0.717, 1.165) is 6.42 Å². The lowest BCUT2D eigenvalue weighted by molar-refractivity contribution is -0.643. The predicted molar refractivity (Wildman–Crippen MR) is 191 cm³/mol. The van der Waals surface area contributed by atoms with Gasteiger partial charge in [-0.2, -0.15) is 0 Å². The second kappa shape index (κ2) is 10.3. The molecule has 0 unspecified atom stereocenters. The second-order valence-corrected chi connectivity index (χ2v) is 14.7. The van der Waals surface area contributed by atoms with Crippen LogP contribution in [-0.2, 0) is 13.5 Å². The van der Waals surface area contributed by atoms with Gasteiger partial charge in [-0.1, -0.05) is 85.7 Å². The largest absolute Gasteiger partial charge is 0.307 e. The SMILES string of the molecule is Cc1ccc2c3cc(CC(C)C)ccc3n3c4cc(-c5c(C(C)C)cc(C(C)C)cc5C(C)C)cc5cc[n+](C)c(c1c23)c54. The summed E-state index contributed by atoms with van der Waals surface area (Å²) in [6.07, 6.45) is 3.36. The Morgan fingerprint density at radius 2 is 1.39 bits per heavy atom. The number of aryl methyl sites for hydroxylation is 2. The molecule has 0 bridgehead atoms. The lowest BCUT2D eigenvalue weighted by Crippen LogP contribution is -2.28. The summed E-state index contributed by atoms with van der Waals surface area (Å²) >= 11 is 0. The molecule has 2 heteroatoms. The van der Waals surface area contributed by atoms with E-state index in [-0.39, 0.29) is 0 Å². The van der Waals surface area contributed by atoms with Crippen LogP contribution < -0.4 is 4.57 Å². The summed E-state index contributed by atoms with van der Waals surface area (Å²) in [5, 5.41) is 6.74. The first-order valence-electron chi connectivity index (χ1n) is 16.7. The van der Waals surface area contributed by atoms with Crippen molar-refractivity contribution in [1.29, 1.82) is 0 Å². The molecule has 0 saturated carbocycles. The summed E-state index contributed by atoms with van der Waals surface area (Å²) in [6, 6.07) is 24.2. The van der Waals surface area contributed by atoms with Gasteiger partial charge in [-0.15, -0.1) is 0 Å². The topological polar surface area (TPSA) is 8.29 Å². The van der Waals surface area contributed by atoms with Crippen molar-refractivity contribution < 1.29 is 4.57 Å². The zero-order valence-electron chi connectivity index (χ0n) is 28.3. The van der Waals surface area contributed by atoms with E-state index in [9.17, 15) is 0 Å². The van der Waals surface area contributed by atoms with E-state index in [1.54, 1.807) is 0 Å². The molecule has 7 rings (SSSR count). The standard InChI is InChI=1S/C42H47N2/c1-23(2)17-28-12-14-36-35(18-28)32-13-11-27(9)38-41(32)44(36)37-22-31(19-29-15-16-43(10)42(38)40(29)37)39-33(25(5)6)20-30(24(3)4)21-34(39)26(7)8/h11-16,18-26H,17H2,1-10H3/q+1. The van der Waals surface area contributed by atoms with Crippen molar-refractivity contribution >= 4 is 49.0 Å². The Kier molecular flexibility index (Phi) is 6.77. The number of hydrogen-bond donors (Lipinski definition) is 0. The highest BCUT2D eigenvalue weighted by Crippen LogP contribution is 2.45. The maximum absolute atomic E-state index is 2.59. The normalized spacial score (nSPS) is 12.8. The molecule has 0 saturated heterocycles. The highest BCUT2D eigenvalue weighted by atomic mass is 15.0. The first-order valence-corrected chi connectivity index (χ1v) is 16.7. The molecule has 3 aromatic heterocycles. The van der Waals surface area contributed by atoms with Crippen LogP contribution in [0.5, 0.6) is 0 Å². The van der Waals surface area contributed by atoms with E-state index in [2.05, 4.69) is 145 Å². The number of rotatable bonds is 6.